The molecule has 0 saturated carbocycles. The molecule has 0 atom stereocenters. The maximum Gasteiger partial charge on any atom is 0.101 e. The van der Waals surface area contributed by atoms with Crippen molar-refractivity contribution in [1.82, 2.24) is 0 Å². The van der Waals surface area contributed by atoms with E-state index in [0.29, 0.717) is 11.3 Å². The van der Waals surface area contributed by atoms with Gasteiger partial charge in [-0.3, -0.25) is 0 Å². The van der Waals surface area contributed by atoms with E-state index in [4.69, 9.17) is 16.1 Å². The molecular formula is C13H19N3O. The van der Waals surface area contributed by atoms with Crippen LogP contribution >= 0.6 is 0 Å². The summed E-state index contributed by atoms with van der Waals surface area (Å²) < 4.78 is 0. The number of benzene rings is 1. The van der Waals surface area contributed by atoms with E-state index in [1.807, 2.05) is 6.07 Å². The molecule has 0 aromatic heterocycles. The number of anilines is 2. The standard InChI is InChI=1S/C13H19N3O/c14-10-11-9-12(15)5-6-13(11)16-7-3-1-2-4-8-17/h5-6,9,16-17H,1-4,7-8,15H2. The second kappa shape index (κ2) is 7.53. The summed E-state index contributed by atoms with van der Waals surface area (Å²) in [7, 11) is 0. The highest BCUT2D eigenvalue weighted by Crippen LogP contribution is 2.17. The molecule has 92 valence electrons. The lowest BCUT2D eigenvalue weighted by Crippen LogP contribution is -2.03. The van der Waals surface area contributed by atoms with Gasteiger partial charge in [-0.05, 0) is 31.0 Å². The van der Waals surface area contributed by atoms with Crippen LogP contribution in [-0.4, -0.2) is 18.3 Å². The molecule has 0 unspecified atom stereocenters. The van der Waals surface area contributed by atoms with E-state index in [1.54, 1.807) is 12.1 Å². The third-order valence-electron chi connectivity index (χ3n) is 2.56. The molecule has 0 aliphatic carbocycles. The molecule has 0 fully saturated rings. The van der Waals surface area contributed by atoms with Crippen molar-refractivity contribution in [1.29, 1.82) is 5.26 Å². The molecule has 0 bridgehead atoms. The van der Waals surface area contributed by atoms with Gasteiger partial charge in [-0.1, -0.05) is 12.8 Å². The van der Waals surface area contributed by atoms with Gasteiger partial charge < -0.3 is 16.2 Å². The maximum atomic E-state index is 8.94. The zero-order valence-electron chi connectivity index (χ0n) is 9.95. The molecule has 0 saturated heterocycles. The lowest BCUT2D eigenvalue weighted by atomic mass is 10.1. The molecule has 1 rings (SSSR count). The second-order valence-electron chi connectivity index (χ2n) is 3.98. The minimum Gasteiger partial charge on any atom is -0.399 e. The molecule has 0 radical (unpaired) electrons. The summed E-state index contributed by atoms with van der Waals surface area (Å²) in [6.07, 6.45) is 4.04. The first-order valence-corrected chi connectivity index (χ1v) is 5.92. The van der Waals surface area contributed by atoms with E-state index in [0.717, 1.165) is 37.9 Å². The molecule has 4 heteroatoms. The predicted molar refractivity (Wildman–Crippen MR) is 69.6 cm³/mol. The van der Waals surface area contributed by atoms with Gasteiger partial charge in [0, 0.05) is 18.8 Å². The van der Waals surface area contributed by atoms with Gasteiger partial charge in [0.15, 0.2) is 0 Å². The van der Waals surface area contributed by atoms with Crippen LogP contribution in [0, 0.1) is 11.3 Å². The lowest BCUT2D eigenvalue weighted by molar-refractivity contribution is 0.283. The van der Waals surface area contributed by atoms with Crippen LogP contribution in [0.2, 0.25) is 0 Å². The summed E-state index contributed by atoms with van der Waals surface area (Å²) in [5.41, 5.74) is 7.64. The van der Waals surface area contributed by atoms with E-state index in [-0.39, 0.29) is 6.61 Å². The van der Waals surface area contributed by atoms with Gasteiger partial charge in [0.1, 0.15) is 6.07 Å². The Morgan fingerprint density at radius 1 is 1.24 bits per heavy atom. The molecule has 0 aliphatic heterocycles. The number of nitriles is 1. The first kappa shape index (κ1) is 13.3. The van der Waals surface area contributed by atoms with Gasteiger partial charge in [-0.2, -0.15) is 5.26 Å². The monoisotopic (exact) mass is 233 g/mol. The maximum absolute atomic E-state index is 8.94. The number of nitrogens with zero attached hydrogens (tertiary/aromatic N) is 1. The molecule has 17 heavy (non-hydrogen) atoms. The highest BCUT2D eigenvalue weighted by atomic mass is 16.2. The zero-order valence-corrected chi connectivity index (χ0v) is 9.95. The molecule has 0 aliphatic rings. The van der Waals surface area contributed by atoms with Crippen molar-refractivity contribution < 1.29 is 5.11 Å². The smallest absolute Gasteiger partial charge is 0.101 e. The molecule has 1 aromatic rings. The minimum atomic E-state index is 0.268. The number of nitrogen functional groups attached to an aromatic ring is 1. The molecular weight excluding hydrogens is 214 g/mol. The van der Waals surface area contributed by atoms with E-state index in [1.165, 1.54) is 0 Å². The fourth-order valence-corrected chi connectivity index (χ4v) is 1.62. The van der Waals surface area contributed by atoms with E-state index in [9.17, 15) is 0 Å². The molecule has 1 aromatic carbocycles. The molecule has 0 heterocycles. The zero-order chi connectivity index (χ0) is 12.5. The number of hydrogen-bond acceptors (Lipinski definition) is 4. The molecule has 4 nitrogen and oxygen atoms in total. The number of aliphatic hydroxyl groups is 1. The summed E-state index contributed by atoms with van der Waals surface area (Å²) in [5.74, 6) is 0. The molecule has 4 N–H and O–H groups in total. The summed E-state index contributed by atoms with van der Waals surface area (Å²) in [6, 6.07) is 7.42. The van der Waals surface area contributed by atoms with Crippen molar-refractivity contribution in [3.8, 4) is 6.07 Å². The van der Waals surface area contributed by atoms with Crippen molar-refractivity contribution >= 4 is 11.4 Å². The Hall–Kier alpha value is -1.73. The van der Waals surface area contributed by atoms with Gasteiger partial charge in [0.05, 0.1) is 11.3 Å². The van der Waals surface area contributed by atoms with Crippen molar-refractivity contribution in [3.05, 3.63) is 23.8 Å². The van der Waals surface area contributed by atoms with Gasteiger partial charge in [-0.25, -0.2) is 0 Å². The third kappa shape index (κ3) is 4.75. The first-order chi connectivity index (χ1) is 8.27. The van der Waals surface area contributed by atoms with Crippen LogP contribution < -0.4 is 11.1 Å². The average molecular weight is 233 g/mol. The van der Waals surface area contributed by atoms with Crippen LogP contribution in [0.5, 0.6) is 0 Å². The summed E-state index contributed by atoms with van der Waals surface area (Å²) in [5, 5.41) is 20.8. The summed E-state index contributed by atoms with van der Waals surface area (Å²) in [6.45, 7) is 1.11. The average Bonchev–Trinajstić information content (AvgIpc) is 2.35. The third-order valence-corrected chi connectivity index (χ3v) is 2.56. The van der Waals surface area contributed by atoms with Gasteiger partial charge >= 0.3 is 0 Å². The Bertz CT molecular complexity index is 385. The number of nitrogens with two attached hydrogens (primary N) is 1. The van der Waals surface area contributed by atoms with Crippen molar-refractivity contribution in [3.63, 3.8) is 0 Å². The molecule has 0 amide bonds. The van der Waals surface area contributed by atoms with E-state index in [2.05, 4.69) is 11.4 Å². The van der Waals surface area contributed by atoms with Crippen molar-refractivity contribution in [2.24, 2.45) is 0 Å². The number of unbranched alkanes of at least 4 members (excludes halogenated alkanes) is 3. The SMILES string of the molecule is N#Cc1cc(N)ccc1NCCCCCCO. The van der Waals surface area contributed by atoms with Gasteiger partial charge in [0.25, 0.3) is 0 Å². The number of hydrogen-bond donors (Lipinski definition) is 3. The van der Waals surface area contributed by atoms with Crippen LogP contribution in [0.25, 0.3) is 0 Å². The Morgan fingerprint density at radius 2 is 2.00 bits per heavy atom. The van der Waals surface area contributed by atoms with Crippen LogP contribution in [0.1, 0.15) is 31.2 Å². The fraction of sp³-hybridized carbons (Fsp3) is 0.462. The highest BCUT2D eigenvalue weighted by Gasteiger charge is 2.01. The number of aliphatic hydroxyl groups excluding tert-OH is 1. The van der Waals surface area contributed by atoms with Crippen LogP contribution in [0.3, 0.4) is 0 Å². The summed E-state index contributed by atoms with van der Waals surface area (Å²) >= 11 is 0. The Balaban J connectivity index is 2.34. The van der Waals surface area contributed by atoms with Crippen molar-refractivity contribution in [2.75, 3.05) is 24.2 Å². The van der Waals surface area contributed by atoms with Crippen molar-refractivity contribution in [2.45, 2.75) is 25.7 Å². The van der Waals surface area contributed by atoms with Crippen LogP contribution in [0.4, 0.5) is 11.4 Å². The Labute approximate surface area is 102 Å². The highest BCUT2D eigenvalue weighted by molar-refractivity contribution is 5.62. The van der Waals surface area contributed by atoms with E-state index < -0.39 is 0 Å². The summed E-state index contributed by atoms with van der Waals surface area (Å²) in [4.78, 5) is 0. The molecule has 0 spiro atoms. The lowest BCUT2D eigenvalue weighted by Gasteiger charge is -2.08. The Morgan fingerprint density at radius 3 is 2.71 bits per heavy atom. The topological polar surface area (TPSA) is 82.1 Å². The second-order valence-corrected chi connectivity index (χ2v) is 3.98. The fourth-order valence-electron chi connectivity index (χ4n) is 1.62. The number of nitrogens with one attached hydrogen (secondary N) is 1. The van der Waals surface area contributed by atoms with Crippen LogP contribution in [-0.2, 0) is 0 Å². The van der Waals surface area contributed by atoms with Crippen LogP contribution in [0.15, 0.2) is 18.2 Å². The van der Waals surface area contributed by atoms with Gasteiger partial charge in [0.2, 0.25) is 0 Å². The van der Waals surface area contributed by atoms with E-state index >= 15 is 0 Å². The normalized spacial score (nSPS) is 9.88. The predicted octanol–water partition coefficient (Wildman–Crippen LogP) is 2.11. The number of rotatable bonds is 7. The minimum absolute atomic E-state index is 0.268. The quantitative estimate of drug-likeness (QED) is 0.497. The largest absolute Gasteiger partial charge is 0.399 e. The van der Waals surface area contributed by atoms with Gasteiger partial charge in [-0.15, -0.1) is 0 Å². The Kier molecular flexibility index (Phi) is 5.91. The first-order valence-electron chi connectivity index (χ1n) is 5.92.